The highest BCUT2D eigenvalue weighted by Gasteiger charge is 2.58. The van der Waals surface area contributed by atoms with Gasteiger partial charge in [0.15, 0.2) is 0 Å². The van der Waals surface area contributed by atoms with Crippen LogP contribution in [0.1, 0.15) is 100 Å². The minimum atomic E-state index is -1.13. The lowest BCUT2D eigenvalue weighted by molar-refractivity contribution is -0.204. The fraction of sp³-hybridized carbons (Fsp3) is 0.610. The smallest absolute Gasteiger partial charge is 0.324 e. The number of nitrogens with one attached hydrogen (secondary N) is 2. The highest BCUT2D eigenvalue weighted by Crippen LogP contribution is 2.54. The minimum absolute atomic E-state index is 0.00813. The van der Waals surface area contributed by atoms with E-state index in [1.165, 1.54) is 24.2 Å². The summed E-state index contributed by atoms with van der Waals surface area (Å²) in [6.45, 7) is 18.5. The van der Waals surface area contributed by atoms with Gasteiger partial charge < -0.3 is 38.1 Å². The van der Waals surface area contributed by atoms with E-state index in [9.17, 15) is 9.59 Å². The second-order valence-electron chi connectivity index (χ2n) is 24.8. The molecule has 20 nitrogen and oxygen atoms in total. The number of methoxy groups -OCH3 is 2. The quantitative estimate of drug-likeness (QED) is 0.146. The van der Waals surface area contributed by atoms with E-state index in [-0.39, 0.29) is 47.8 Å². The van der Waals surface area contributed by atoms with Gasteiger partial charge in [0.1, 0.15) is 36.4 Å². The van der Waals surface area contributed by atoms with Gasteiger partial charge in [0, 0.05) is 142 Å². The van der Waals surface area contributed by atoms with E-state index in [0.717, 1.165) is 96.2 Å². The Bertz CT molecular complexity index is 3080. The molecule has 79 heavy (non-hydrogen) atoms. The SMILES string of the molecule is COCCN1CCN(c2cnc([C@H](C)OC)c(-c3c4c5cc(ccc5n3C3CN(C5CC5)C3)-c3coc(n3)[C@@H](N3CC5(COC5)C3)[C@H](NC(=O)[C@@H]3[C@@H](C)[C@H]3c3ccncn3)C(=O)N3CCC[C@H](N3)C(=O)OCC(C)(C)C4)c2)CC1. The second-order valence-corrected chi connectivity index (χ2v) is 24.8. The molecule has 2 N–H and O–H groups in total. The summed E-state index contributed by atoms with van der Waals surface area (Å²) in [5.41, 5.74) is 11.3. The van der Waals surface area contributed by atoms with Crippen LogP contribution in [0.3, 0.4) is 0 Å². The number of cyclic esters (lactones) is 1. The molecule has 5 aromatic rings. The van der Waals surface area contributed by atoms with E-state index in [1.54, 1.807) is 26.7 Å². The molecule has 1 spiro atoms. The van der Waals surface area contributed by atoms with Crippen molar-refractivity contribution in [1.29, 1.82) is 0 Å². The molecule has 420 valence electrons. The Kier molecular flexibility index (Phi) is 13.9. The number of piperazine rings is 1. The fourth-order valence-electron chi connectivity index (χ4n) is 13.7. The number of rotatable bonds is 13. The Balaban J connectivity index is 0.945. The summed E-state index contributed by atoms with van der Waals surface area (Å²) >= 11 is 0. The molecule has 0 unspecified atom stereocenters. The number of carbonyl (C=O) groups excluding carboxylic acids is 3. The Morgan fingerprint density at radius 3 is 2.49 bits per heavy atom. The van der Waals surface area contributed by atoms with Crippen molar-refractivity contribution >= 4 is 34.4 Å². The van der Waals surface area contributed by atoms with Crippen molar-refractivity contribution in [3.63, 3.8) is 0 Å². The lowest BCUT2D eigenvalue weighted by Gasteiger charge is -2.57. The van der Waals surface area contributed by atoms with Gasteiger partial charge in [-0.3, -0.25) is 39.1 Å². The van der Waals surface area contributed by atoms with Gasteiger partial charge in [-0.05, 0) is 74.8 Å². The number of aromatic nitrogens is 5. The zero-order chi connectivity index (χ0) is 54.3. The van der Waals surface area contributed by atoms with Crippen molar-refractivity contribution in [3.05, 3.63) is 78.2 Å². The summed E-state index contributed by atoms with van der Waals surface area (Å²) in [5.74, 6) is -1.28. The average Bonchev–Trinajstić information content (AvgIpc) is 4.45. The van der Waals surface area contributed by atoms with E-state index in [0.29, 0.717) is 76.3 Å². The summed E-state index contributed by atoms with van der Waals surface area (Å²) in [4.78, 5) is 73.5. The number of nitrogens with zero attached hydrogens (tertiary/aromatic N) is 10. The predicted molar refractivity (Wildman–Crippen MR) is 293 cm³/mol. The fourth-order valence-corrected chi connectivity index (χ4v) is 13.7. The molecule has 2 saturated carbocycles. The lowest BCUT2D eigenvalue weighted by Crippen LogP contribution is -2.70. The standard InChI is InChI=1S/C59H76N12O8/c1-35-48(44-13-14-60-34-62-44)49(35)54(72)64-51-53(69-29-59(30-69)32-77-33-59)55-63-46(28-78-55)37-9-12-47-41(22-37)43(24-58(3,4)31-79-57(74)45-8-7-15-70(65-45)56(51)73)52(71(47)40-26-68(27-40)38-10-11-38)42-23-39(25-61-50(42)36(2)76-6)67-18-16-66(17-19-67)20-21-75-5/h9,12-14,22-23,25,28,34-36,38,40,45,48-49,51,53,65H,7-8,10-11,15-21,24,26-27,29-33H2,1-6H3,(H,64,72)/t35-,36-,45-,48-,49+,51-,53-/m0/s1. The minimum Gasteiger partial charge on any atom is -0.464 e. The zero-order valence-electron chi connectivity index (χ0n) is 46.6. The van der Waals surface area contributed by atoms with E-state index >= 15 is 4.79 Å². The zero-order valence-corrected chi connectivity index (χ0v) is 46.6. The van der Waals surface area contributed by atoms with E-state index < -0.39 is 35.4 Å². The predicted octanol–water partition coefficient (Wildman–Crippen LogP) is 5.17. The van der Waals surface area contributed by atoms with Gasteiger partial charge in [-0.2, -0.15) is 0 Å². The molecule has 0 radical (unpaired) electrons. The van der Waals surface area contributed by atoms with E-state index in [4.69, 9.17) is 33.3 Å². The molecule has 8 aliphatic rings. The van der Waals surface area contributed by atoms with Crippen LogP contribution in [0.2, 0.25) is 0 Å². The van der Waals surface area contributed by atoms with Crippen LogP contribution in [-0.4, -0.2) is 186 Å². The molecular weight excluding hydrogens is 1000 g/mol. The van der Waals surface area contributed by atoms with Crippen LogP contribution in [0, 0.1) is 22.7 Å². The third-order valence-electron chi connectivity index (χ3n) is 18.5. The van der Waals surface area contributed by atoms with Gasteiger partial charge in [-0.1, -0.05) is 26.8 Å². The first-order valence-corrected chi connectivity index (χ1v) is 28.8. The first-order valence-electron chi connectivity index (χ1n) is 28.8. The molecule has 20 heteroatoms. The molecule has 10 heterocycles. The third-order valence-corrected chi connectivity index (χ3v) is 18.5. The highest BCUT2D eigenvalue weighted by molar-refractivity contribution is 5.96. The van der Waals surface area contributed by atoms with Gasteiger partial charge in [0.05, 0.1) is 61.8 Å². The van der Waals surface area contributed by atoms with Crippen LogP contribution in [0.15, 0.2) is 59.7 Å². The van der Waals surface area contributed by atoms with Crippen LogP contribution in [0.25, 0.3) is 33.4 Å². The summed E-state index contributed by atoms with van der Waals surface area (Å²) in [6, 6.07) is 8.93. The molecular formula is C59H76N12O8. The van der Waals surface area contributed by atoms with Gasteiger partial charge >= 0.3 is 5.97 Å². The number of ether oxygens (including phenoxy) is 4. The number of carbonyl (C=O) groups is 3. The number of pyridine rings is 1. The number of hydrogen-bond acceptors (Lipinski definition) is 17. The van der Waals surface area contributed by atoms with Gasteiger partial charge in [-0.15, -0.1) is 0 Å². The van der Waals surface area contributed by atoms with Crippen molar-refractivity contribution in [1.82, 2.24) is 55.0 Å². The average molecular weight is 1080 g/mol. The largest absolute Gasteiger partial charge is 0.464 e. The second kappa shape index (κ2) is 20.9. The van der Waals surface area contributed by atoms with Crippen LogP contribution < -0.4 is 15.6 Å². The molecule has 4 aromatic heterocycles. The first kappa shape index (κ1) is 52.5. The monoisotopic (exact) mass is 1080 g/mol. The molecule has 7 atom stereocenters. The molecule has 6 bridgehead atoms. The Labute approximate surface area is 461 Å². The number of amides is 2. The molecule has 1 aromatic carbocycles. The molecule has 6 aliphatic heterocycles. The summed E-state index contributed by atoms with van der Waals surface area (Å²) in [5, 5.41) is 5.85. The Morgan fingerprint density at radius 2 is 1.77 bits per heavy atom. The normalized spacial score (nSPS) is 27.9. The van der Waals surface area contributed by atoms with E-state index in [1.807, 2.05) is 19.2 Å². The van der Waals surface area contributed by atoms with Crippen LogP contribution >= 0.6 is 0 Å². The molecule has 5 saturated heterocycles. The summed E-state index contributed by atoms with van der Waals surface area (Å²) in [7, 11) is 3.51. The topological polar surface area (TPSA) is 198 Å². The third kappa shape index (κ3) is 9.92. The van der Waals surface area contributed by atoms with Crippen molar-refractivity contribution in [2.75, 3.05) is 111 Å². The van der Waals surface area contributed by atoms with Gasteiger partial charge in [0.25, 0.3) is 5.91 Å². The highest BCUT2D eigenvalue weighted by atomic mass is 16.5. The van der Waals surface area contributed by atoms with Crippen molar-refractivity contribution < 1.29 is 37.7 Å². The van der Waals surface area contributed by atoms with Crippen LogP contribution in [0.5, 0.6) is 0 Å². The lowest BCUT2D eigenvalue weighted by atomic mass is 9.76. The maximum Gasteiger partial charge on any atom is 0.324 e. The number of hydrogen-bond donors (Lipinski definition) is 2. The van der Waals surface area contributed by atoms with Crippen LogP contribution in [0.4, 0.5) is 5.69 Å². The summed E-state index contributed by atoms with van der Waals surface area (Å²) in [6.07, 6.45) is 10.7. The molecule has 2 aliphatic carbocycles. The van der Waals surface area contributed by atoms with Gasteiger partial charge in [-0.25, -0.2) is 20.4 Å². The number of fused-ring (bicyclic) bond motifs is 6. The van der Waals surface area contributed by atoms with Crippen molar-refractivity contribution in [2.24, 2.45) is 22.7 Å². The van der Waals surface area contributed by atoms with Gasteiger partial charge in [0.2, 0.25) is 11.8 Å². The maximum atomic E-state index is 15.4. The molecule has 2 amide bonds. The Hall–Kier alpha value is -5.87. The Morgan fingerprint density at radius 1 is 0.962 bits per heavy atom. The van der Waals surface area contributed by atoms with E-state index in [2.05, 4.69) is 89.9 Å². The number of anilines is 1. The first-order chi connectivity index (χ1) is 38.3. The number of likely N-dealkylation sites (tertiary alicyclic amines) is 2. The molecule has 7 fully saturated rings. The number of benzene rings is 1. The van der Waals surface area contributed by atoms with Crippen LogP contribution in [-0.2, 0) is 39.8 Å². The maximum absolute atomic E-state index is 15.4. The number of esters is 1. The van der Waals surface area contributed by atoms with Crippen molar-refractivity contribution in [3.8, 4) is 22.5 Å². The molecule has 13 rings (SSSR count). The number of oxazole rings is 1. The summed E-state index contributed by atoms with van der Waals surface area (Å²) < 4.78 is 32.9. The number of hydrazine groups is 1. The van der Waals surface area contributed by atoms with Crippen molar-refractivity contribution in [2.45, 2.75) is 102 Å².